The summed E-state index contributed by atoms with van der Waals surface area (Å²) in [6.07, 6.45) is 2.29. The number of rotatable bonds is 10. The maximum absolute atomic E-state index is 3.48. The van der Waals surface area contributed by atoms with Crippen LogP contribution in [0.1, 0.15) is 51.7 Å². The van der Waals surface area contributed by atoms with Gasteiger partial charge in [-0.15, -0.1) is 0 Å². The summed E-state index contributed by atoms with van der Waals surface area (Å²) in [7, 11) is 0. The molecule has 0 aliphatic carbocycles. The third kappa shape index (κ3) is 11.7. The van der Waals surface area contributed by atoms with E-state index in [-0.39, 0.29) is 0 Å². The van der Waals surface area contributed by atoms with E-state index in [2.05, 4.69) is 221 Å². The quantitative estimate of drug-likeness (QED) is 0.116. The van der Waals surface area contributed by atoms with Crippen LogP contribution in [0.25, 0.3) is 21.5 Å². The smallest absolute Gasteiger partial charge is 0.0390 e. The van der Waals surface area contributed by atoms with Crippen molar-refractivity contribution in [1.82, 2.24) is 0 Å². The molecule has 0 fully saturated rings. The summed E-state index contributed by atoms with van der Waals surface area (Å²) in [5.74, 6) is 0. The zero-order valence-electron chi connectivity index (χ0n) is 31.6. The molecule has 0 aliphatic rings. The molecule has 0 spiro atoms. The van der Waals surface area contributed by atoms with E-state index in [1.165, 1.54) is 44.0 Å². The molecule has 0 aliphatic heterocycles. The van der Waals surface area contributed by atoms with Crippen LogP contribution in [0.2, 0.25) is 0 Å². The molecule has 0 bridgehead atoms. The molecule has 0 saturated heterocycles. The van der Waals surface area contributed by atoms with Crippen molar-refractivity contribution < 1.29 is 0 Å². The average molecular weight is 687 g/mol. The number of hydrogen-bond donors (Lipinski definition) is 4. The van der Waals surface area contributed by atoms with Crippen molar-refractivity contribution in [2.45, 2.75) is 66.5 Å². The fourth-order valence-electron chi connectivity index (χ4n) is 5.75. The second-order valence-electron chi connectivity index (χ2n) is 13.6. The minimum absolute atomic E-state index is 0.536. The Kier molecular flexibility index (Phi) is 13.7. The molecule has 0 heterocycles. The molecule has 7 rings (SSSR count). The Hall–Kier alpha value is -5.74. The highest BCUT2D eigenvalue weighted by Gasteiger charge is 2.02. The minimum Gasteiger partial charge on any atom is -0.383 e. The van der Waals surface area contributed by atoms with E-state index in [9.17, 15) is 0 Å². The summed E-state index contributed by atoms with van der Waals surface area (Å²) in [4.78, 5) is 0. The number of hydrogen-bond acceptors (Lipinski definition) is 4. The van der Waals surface area contributed by atoms with Crippen molar-refractivity contribution in [3.8, 4) is 0 Å². The SMILES string of the molecule is CCC(C)Nc1ccc(NC(C)CC)cc1.Cc1cccc(C)c1.c1ccc2cc(Nc3ccc(Nc4ccc5ccccc5c4)cc3)ccc2c1. The molecule has 52 heavy (non-hydrogen) atoms. The molecule has 4 nitrogen and oxygen atoms in total. The normalized spacial score (nSPS) is 11.7. The molecule has 2 unspecified atom stereocenters. The van der Waals surface area contributed by atoms with Crippen LogP contribution >= 0.6 is 0 Å². The van der Waals surface area contributed by atoms with Gasteiger partial charge in [-0.2, -0.15) is 0 Å². The van der Waals surface area contributed by atoms with Gasteiger partial charge in [0.1, 0.15) is 0 Å². The molecule has 4 N–H and O–H groups in total. The van der Waals surface area contributed by atoms with Gasteiger partial charge in [-0.1, -0.05) is 110 Å². The van der Waals surface area contributed by atoms with E-state index >= 15 is 0 Å². The fraction of sp³-hybridized carbons (Fsp3) is 0.208. The van der Waals surface area contributed by atoms with Gasteiger partial charge in [0, 0.05) is 46.2 Å². The Morgan fingerprint density at radius 2 is 0.712 bits per heavy atom. The van der Waals surface area contributed by atoms with Crippen LogP contribution in [-0.4, -0.2) is 12.1 Å². The lowest BCUT2D eigenvalue weighted by Crippen LogP contribution is -2.14. The van der Waals surface area contributed by atoms with Gasteiger partial charge in [-0.3, -0.25) is 0 Å². The predicted molar refractivity (Wildman–Crippen MR) is 230 cm³/mol. The Bertz CT molecular complexity index is 1970. The lowest BCUT2D eigenvalue weighted by Gasteiger charge is -2.15. The molecule has 0 aromatic heterocycles. The first-order valence-electron chi connectivity index (χ1n) is 18.6. The number of nitrogens with one attached hydrogen (secondary N) is 4. The first-order chi connectivity index (χ1) is 25.3. The topological polar surface area (TPSA) is 48.1 Å². The van der Waals surface area contributed by atoms with E-state index in [0.717, 1.165) is 35.6 Å². The molecule has 0 amide bonds. The number of aryl methyl sites for hydroxylation is 2. The highest BCUT2D eigenvalue weighted by Crippen LogP contribution is 2.26. The van der Waals surface area contributed by atoms with Crippen LogP contribution in [-0.2, 0) is 0 Å². The van der Waals surface area contributed by atoms with E-state index in [1.54, 1.807) is 0 Å². The molecule has 0 radical (unpaired) electrons. The van der Waals surface area contributed by atoms with E-state index in [4.69, 9.17) is 0 Å². The number of fused-ring (bicyclic) bond motifs is 2. The maximum Gasteiger partial charge on any atom is 0.0390 e. The van der Waals surface area contributed by atoms with E-state index < -0.39 is 0 Å². The second-order valence-corrected chi connectivity index (χ2v) is 13.6. The van der Waals surface area contributed by atoms with Crippen molar-refractivity contribution in [2.75, 3.05) is 21.3 Å². The molecule has 7 aromatic carbocycles. The molecule has 0 saturated carbocycles. The van der Waals surface area contributed by atoms with Gasteiger partial charge in [-0.25, -0.2) is 0 Å². The average Bonchev–Trinajstić information content (AvgIpc) is 3.16. The van der Waals surface area contributed by atoms with Crippen molar-refractivity contribution >= 4 is 55.7 Å². The first kappa shape index (κ1) is 37.5. The van der Waals surface area contributed by atoms with Crippen LogP contribution in [0, 0.1) is 13.8 Å². The van der Waals surface area contributed by atoms with Gasteiger partial charge in [0.15, 0.2) is 0 Å². The summed E-state index contributed by atoms with van der Waals surface area (Å²) in [6, 6.07) is 56.1. The molecule has 4 heteroatoms. The van der Waals surface area contributed by atoms with Crippen molar-refractivity contribution in [3.63, 3.8) is 0 Å². The molecule has 2 atom stereocenters. The van der Waals surface area contributed by atoms with Gasteiger partial charge < -0.3 is 21.3 Å². The highest BCUT2D eigenvalue weighted by atomic mass is 14.9. The Morgan fingerprint density at radius 3 is 1.06 bits per heavy atom. The summed E-state index contributed by atoms with van der Waals surface area (Å²) in [5, 5.41) is 18.9. The summed E-state index contributed by atoms with van der Waals surface area (Å²) in [6.45, 7) is 13.0. The minimum atomic E-state index is 0.536. The predicted octanol–water partition coefficient (Wildman–Crippen LogP) is 13.9. The van der Waals surface area contributed by atoms with Crippen molar-refractivity contribution in [3.05, 3.63) is 169 Å². The van der Waals surface area contributed by atoms with Crippen LogP contribution in [0.5, 0.6) is 0 Å². The maximum atomic E-state index is 3.48. The lowest BCUT2D eigenvalue weighted by molar-refractivity contribution is 0.761. The number of benzene rings is 7. The zero-order valence-corrected chi connectivity index (χ0v) is 31.6. The van der Waals surface area contributed by atoms with E-state index in [0.29, 0.717) is 12.1 Å². The van der Waals surface area contributed by atoms with Gasteiger partial charge in [0.05, 0.1) is 0 Å². The Balaban J connectivity index is 0.000000183. The van der Waals surface area contributed by atoms with Gasteiger partial charge in [-0.05, 0) is 135 Å². The molecule has 7 aromatic rings. The Labute approximate surface area is 311 Å². The summed E-state index contributed by atoms with van der Waals surface area (Å²) in [5.41, 5.74) is 9.39. The largest absolute Gasteiger partial charge is 0.383 e. The summed E-state index contributed by atoms with van der Waals surface area (Å²) < 4.78 is 0. The van der Waals surface area contributed by atoms with Gasteiger partial charge in [0.25, 0.3) is 0 Å². The van der Waals surface area contributed by atoms with E-state index in [1.807, 2.05) is 0 Å². The monoisotopic (exact) mass is 686 g/mol. The highest BCUT2D eigenvalue weighted by molar-refractivity contribution is 5.87. The third-order valence-corrected chi connectivity index (χ3v) is 9.07. The first-order valence-corrected chi connectivity index (χ1v) is 18.6. The van der Waals surface area contributed by atoms with Gasteiger partial charge >= 0.3 is 0 Å². The second kappa shape index (κ2) is 19.0. The third-order valence-electron chi connectivity index (χ3n) is 9.07. The lowest BCUT2D eigenvalue weighted by atomic mass is 10.1. The van der Waals surface area contributed by atoms with Gasteiger partial charge in [0.2, 0.25) is 0 Å². The number of anilines is 6. The van der Waals surface area contributed by atoms with Crippen molar-refractivity contribution in [2.24, 2.45) is 0 Å². The standard InChI is InChI=1S/C26H20N2.C14H24N2.C8H10/c1-3-7-21-17-25(11-9-19(21)5-1)27-23-13-15-24(16-14-23)28-26-12-10-20-6-2-4-8-22(20)18-26;1-5-11(3)15-13-7-9-14(10-8-13)16-12(4)6-2;1-7-4-3-5-8(2)6-7/h1-18,27-28H;7-12,15-16H,5-6H2,1-4H3;3-6H,1-2H3. The Morgan fingerprint density at radius 1 is 0.365 bits per heavy atom. The fourth-order valence-corrected chi connectivity index (χ4v) is 5.75. The summed E-state index contributed by atoms with van der Waals surface area (Å²) >= 11 is 0. The molecule has 266 valence electrons. The zero-order chi connectivity index (χ0) is 36.7. The molecular weight excluding hydrogens is 633 g/mol. The van der Waals surface area contributed by atoms with Crippen molar-refractivity contribution in [1.29, 1.82) is 0 Å². The van der Waals surface area contributed by atoms with Crippen LogP contribution in [0.15, 0.2) is 158 Å². The molecular formula is C48H54N4. The van der Waals surface area contributed by atoms with Crippen LogP contribution < -0.4 is 21.3 Å². The van der Waals surface area contributed by atoms with Crippen LogP contribution in [0.3, 0.4) is 0 Å². The van der Waals surface area contributed by atoms with Crippen LogP contribution in [0.4, 0.5) is 34.1 Å².